The summed E-state index contributed by atoms with van der Waals surface area (Å²) in [5.74, 6) is -1.10. The van der Waals surface area contributed by atoms with Gasteiger partial charge in [-0.25, -0.2) is 13.2 Å². The van der Waals surface area contributed by atoms with Crippen LogP contribution < -0.4 is 11.3 Å². The lowest BCUT2D eigenvalue weighted by Crippen LogP contribution is -2.18. The molecule has 0 amide bonds. The number of halogens is 3. The molecule has 1 rings (SSSR count). The number of nitrogens with one attached hydrogen (secondary N) is 1. The monoisotopic (exact) mass is 192 g/mol. The van der Waals surface area contributed by atoms with Crippen molar-refractivity contribution >= 4 is 0 Å². The van der Waals surface area contributed by atoms with Crippen molar-refractivity contribution in [2.45, 2.75) is 13.0 Å². The quantitative estimate of drug-likeness (QED) is 0.731. The predicted octanol–water partition coefficient (Wildman–Crippen LogP) is 0.910. The SMILES string of the molecule is NCc1cc(C(F)F)[nH]c(=O)c1F. The van der Waals surface area contributed by atoms with Crippen LogP contribution in [-0.2, 0) is 6.54 Å². The lowest BCUT2D eigenvalue weighted by atomic mass is 10.2. The minimum atomic E-state index is -2.83. The number of alkyl halides is 2. The summed E-state index contributed by atoms with van der Waals surface area (Å²) in [6.45, 7) is -0.282. The number of H-pyrrole nitrogens is 1. The Balaban J connectivity index is 3.31. The summed E-state index contributed by atoms with van der Waals surface area (Å²) in [5.41, 5.74) is 3.05. The van der Waals surface area contributed by atoms with Crippen molar-refractivity contribution < 1.29 is 13.2 Å². The predicted molar refractivity (Wildman–Crippen MR) is 39.9 cm³/mol. The summed E-state index contributed by atoms with van der Waals surface area (Å²) >= 11 is 0. The summed E-state index contributed by atoms with van der Waals surface area (Å²) in [6, 6.07) is 0.849. The molecular weight excluding hydrogens is 185 g/mol. The van der Waals surface area contributed by atoms with Crippen molar-refractivity contribution in [2.24, 2.45) is 5.73 Å². The maximum atomic E-state index is 12.8. The maximum Gasteiger partial charge on any atom is 0.284 e. The molecule has 0 saturated heterocycles. The fourth-order valence-corrected chi connectivity index (χ4v) is 0.885. The first-order chi connectivity index (χ1) is 6.06. The van der Waals surface area contributed by atoms with E-state index in [1.54, 1.807) is 4.98 Å². The molecule has 0 aliphatic rings. The molecule has 72 valence electrons. The van der Waals surface area contributed by atoms with Crippen molar-refractivity contribution in [3.8, 4) is 0 Å². The number of aromatic nitrogens is 1. The summed E-state index contributed by atoms with van der Waals surface area (Å²) in [5, 5.41) is 0. The molecule has 13 heavy (non-hydrogen) atoms. The van der Waals surface area contributed by atoms with Gasteiger partial charge in [0.2, 0.25) is 0 Å². The molecule has 0 aromatic carbocycles. The summed E-state index contributed by atoms with van der Waals surface area (Å²) in [7, 11) is 0. The fourth-order valence-electron chi connectivity index (χ4n) is 0.885. The minimum absolute atomic E-state index is 0.209. The zero-order chi connectivity index (χ0) is 10.0. The number of aromatic amines is 1. The highest BCUT2D eigenvalue weighted by molar-refractivity contribution is 5.18. The van der Waals surface area contributed by atoms with Gasteiger partial charge in [-0.15, -0.1) is 0 Å². The lowest BCUT2D eigenvalue weighted by Gasteiger charge is -2.02. The van der Waals surface area contributed by atoms with E-state index in [0.717, 1.165) is 6.07 Å². The average molecular weight is 192 g/mol. The maximum absolute atomic E-state index is 12.8. The van der Waals surface area contributed by atoms with Crippen LogP contribution in [0.25, 0.3) is 0 Å². The Kier molecular flexibility index (Phi) is 2.72. The van der Waals surface area contributed by atoms with Crippen LogP contribution in [0.4, 0.5) is 13.2 Å². The van der Waals surface area contributed by atoms with Gasteiger partial charge in [0.15, 0.2) is 5.82 Å². The Morgan fingerprint density at radius 3 is 2.62 bits per heavy atom. The van der Waals surface area contributed by atoms with E-state index in [2.05, 4.69) is 0 Å². The van der Waals surface area contributed by atoms with Crippen LogP contribution >= 0.6 is 0 Å². The van der Waals surface area contributed by atoms with Gasteiger partial charge < -0.3 is 10.7 Å². The van der Waals surface area contributed by atoms with E-state index in [9.17, 15) is 18.0 Å². The number of hydrogen-bond acceptors (Lipinski definition) is 2. The van der Waals surface area contributed by atoms with Crippen molar-refractivity contribution in [3.05, 3.63) is 33.5 Å². The van der Waals surface area contributed by atoms with Crippen LogP contribution in [0.2, 0.25) is 0 Å². The topological polar surface area (TPSA) is 58.9 Å². The molecule has 0 fully saturated rings. The first-order valence-electron chi connectivity index (χ1n) is 3.46. The molecule has 0 bridgehead atoms. The highest BCUT2D eigenvalue weighted by atomic mass is 19.3. The summed E-state index contributed by atoms with van der Waals surface area (Å²) < 4.78 is 36.9. The Morgan fingerprint density at radius 1 is 1.54 bits per heavy atom. The van der Waals surface area contributed by atoms with Crippen LogP contribution in [-0.4, -0.2) is 4.98 Å². The van der Waals surface area contributed by atoms with Gasteiger partial charge in [-0.1, -0.05) is 0 Å². The van der Waals surface area contributed by atoms with E-state index in [1.807, 2.05) is 0 Å². The third kappa shape index (κ3) is 1.89. The third-order valence-electron chi connectivity index (χ3n) is 1.52. The van der Waals surface area contributed by atoms with Crippen LogP contribution in [0.15, 0.2) is 10.9 Å². The van der Waals surface area contributed by atoms with Crippen LogP contribution in [0, 0.1) is 5.82 Å². The Labute approximate surface area is 71.4 Å². The number of rotatable bonds is 2. The van der Waals surface area contributed by atoms with Gasteiger partial charge in [0.25, 0.3) is 12.0 Å². The van der Waals surface area contributed by atoms with Gasteiger partial charge in [0.1, 0.15) is 0 Å². The number of nitrogens with two attached hydrogens (primary N) is 1. The smallest absolute Gasteiger partial charge is 0.284 e. The van der Waals surface area contributed by atoms with E-state index in [1.165, 1.54) is 0 Å². The second kappa shape index (κ2) is 3.61. The van der Waals surface area contributed by atoms with Gasteiger partial charge in [-0.3, -0.25) is 4.79 Å². The summed E-state index contributed by atoms with van der Waals surface area (Å²) in [6.07, 6.45) is -2.83. The zero-order valence-corrected chi connectivity index (χ0v) is 6.48. The molecule has 1 heterocycles. The van der Waals surface area contributed by atoms with Crippen molar-refractivity contribution in [3.63, 3.8) is 0 Å². The molecule has 0 spiro atoms. The van der Waals surface area contributed by atoms with Gasteiger partial charge in [-0.05, 0) is 6.07 Å². The van der Waals surface area contributed by atoms with E-state index in [0.29, 0.717) is 0 Å². The Bertz CT molecular complexity index is 361. The second-order valence-corrected chi connectivity index (χ2v) is 2.40. The molecular formula is C7H7F3N2O. The van der Waals surface area contributed by atoms with E-state index < -0.39 is 23.5 Å². The Morgan fingerprint density at radius 2 is 2.15 bits per heavy atom. The molecule has 0 unspecified atom stereocenters. The van der Waals surface area contributed by atoms with Crippen molar-refractivity contribution in [1.29, 1.82) is 0 Å². The van der Waals surface area contributed by atoms with Crippen molar-refractivity contribution in [1.82, 2.24) is 4.98 Å². The number of pyridine rings is 1. The first-order valence-corrected chi connectivity index (χ1v) is 3.46. The molecule has 0 radical (unpaired) electrons. The second-order valence-electron chi connectivity index (χ2n) is 2.40. The highest BCUT2D eigenvalue weighted by Crippen LogP contribution is 2.16. The van der Waals surface area contributed by atoms with E-state index >= 15 is 0 Å². The van der Waals surface area contributed by atoms with E-state index in [4.69, 9.17) is 5.73 Å². The third-order valence-corrected chi connectivity index (χ3v) is 1.52. The molecule has 3 nitrogen and oxygen atoms in total. The standard InChI is InChI=1S/C7H7F3N2O/c8-5-3(2-11)1-4(6(9)10)12-7(5)13/h1,6H,2,11H2,(H,12,13). The molecule has 0 atom stereocenters. The highest BCUT2D eigenvalue weighted by Gasteiger charge is 2.13. The summed E-state index contributed by atoms with van der Waals surface area (Å²) in [4.78, 5) is 12.4. The molecule has 3 N–H and O–H groups in total. The minimum Gasteiger partial charge on any atom is -0.326 e. The molecule has 1 aromatic heterocycles. The molecule has 6 heteroatoms. The van der Waals surface area contributed by atoms with Crippen molar-refractivity contribution in [2.75, 3.05) is 0 Å². The lowest BCUT2D eigenvalue weighted by molar-refractivity contribution is 0.145. The van der Waals surface area contributed by atoms with Gasteiger partial charge in [0.05, 0.1) is 5.69 Å². The molecule has 0 aliphatic carbocycles. The van der Waals surface area contributed by atoms with Crippen LogP contribution in [0.3, 0.4) is 0 Å². The number of hydrogen-bond donors (Lipinski definition) is 2. The molecule has 1 aromatic rings. The van der Waals surface area contributed by atoms with Crippen LogP contribution in [0.1, 0.15) is 17.7 Å². The van der Waals surface area contributed by atoms with Crippen LogP contribution in [0.5, 0.6) is 0 Å². The Hall–Kier alpha value is -1.30. The molecule has 0 saturated carbocycles. The first kappa shape index (κ1) is 9.79. The van der Waals surface area contributed by atoms with Gasteiger partial charge >= 0.3 is 0 Å². The van der Waals surface area contributed by atoms with Gasteiger partial charge in [0, 0.05) is 12.1 Å². The fraction of sp³-hybridized carbons (Fsp3) is 0.286. The van der Waals surface area contributed by atoms with E-state index in [-0.39, 0.29) is 12.1 Å². The zero-order valence-electron chi connectivity index (χ0n) is 6.48. The normalized spacial score (nSPS) is 10.8. The largest absolute Gasteiger partial charge is 0.326 e. The average Bonchev–Trinajstić information content (AvgIpc) is 2.09. The molecule has 0 aliphatic heterocycles. The van der Waals surface area contributed by atoms with Gasteiger partial charge in [-0.2, -0.15) is 0 Å².